The van der Waals surface area contributed by atoms with Gasteiger partial charge in [-0.05, 0) is 6.08 Å². The third-order valence-corrected chi connectivity index (χ3v) is 1.74. The third-order valence-electron chi connectivity index (χ3n) is 1.74. The first-order chi connectivity index (χ1) is 6.20. The maximum absolute atomic E-state index is 11.2. The monoisotopic (exact) mass is 179 g/mol. The fraction of sp³-hybridized carbons (Fsp3) is 0.143. The zero-order chi connectivity index (χ0) is 9.42. The lowest BCUT2D eigenvalue weighted by molar-refractivity contribution is -0.154. The minimum atomic E-state index is -0.997. The van der Waals surface area contributed by atoms with Crippen LogP contribution in [-0.4, -0.2) is 34.3 Å². The van der Waals surface area contributed by atoms with Gasteiger partial charge in [-0.1, -0.05) is 6.08 Å². The zero-order valence-electron chi connectivity index (χ0n) is 6.41. The molecule has 3 amide bonds. The summed E-state index contributed by atoms with van der Waals surface area (Å²) >= 11 is 0. The number of nitrogens with zero attached hydrogens (tertiary/aromatic N) is 3. The van der Waals surface area contributed by atoms with Crippen LogP contribution in [0, 0.1) is 5.92 Å². The first-order valence-corrected chi connectivity index (χ1v) is 3.56. The fourth-order valence-corrected chi connectivity index (χ4v) is 1.11. The summed E-state index contributed by atoms with van der Waals surface area (Å²) in [5, 5.41) is 8.93. The van der Waals surface area contributed by atoms with E-state index in [4.69, 9.17) is 5.21 Å². The number of allylic oxidation sites excluding steroid dienone is 1. The van der Waals surface area contributed by atoms with Gasteiger partial charge in [-0.15, -0.1) is 5.06 Å². The maximum atomic E-state index is 11.2. The Hall–Kier alpha value is -1.82. The minimum absolute atomic E-state index is 0.000648. The van der Waals surface area contributed by atoms with Crippen LogP contribution in [0.2, 0.25) is 0 Å². The summed E-state index contributed by atoms with van der Waals surface area (Å²) in [7, 11) is 0. The second-order valence-electron chi connectivity index (χ2n) is 2.54. The molecule has 6 heteroatoms. The van der Waals surface area contributed by atoms with Gasteiger partial charge in [-0.3, -0.25) is 10.0 Å². The van der Waals surface area contributed by atoms with Gasteiger partial charge in [0.05, 0.1) is 0 Å². The highest BCUT2D eigenvalue weighted by Crippen LogP contribution is 2.16. The average Bonchev–Trinajstić information content (AvgIpc) is 2.15. The number of rotatable bonds is 0. The number of dihydropyridines is 1. The Kier molecular flexibility index (Phi) is 1.56. The van der Waals surface area contributed by atoms with E-state index in [-0.39, 0.29) is 10.9 Å². The van der Waals surface area contributed by atoms with Crippen molar-refractivity contribution in [2.45, 2.75) is 0 Å². The van der Waals surface area contributed by atoms with Crippen molar-refractivity contribution in [3.8, 4) is 0 Å². The Morgan fingerprint density at radius 2 is 2.23 bits per heavy atom. The molecule has 6 nitrogen and oxygen atoms in total. The number of carbonyl (C=O) groups is 2. The van der Waals surface area contributed by atoms with Gasteiger partial charge in [0.15, 0.2) is 5.84 Å². The summed E-state index contributed by atoms with van der Waals surface area (Å²) < 4.78 is 0. The van der Waals surface area contributed by atoms with Gasteiger partial charge in [0.25, 0.3) is 5.91 Å². The van der Waals surface area contributed by atoms with E-state index >= 15 is 0 Å². The molecule has 1 unspecified atom stereocenters. The van der Waals surface area contributed by atoms with Gasteiger partial charge in [-0.25, -0.2) is 9.79 Å². The van der Waals surface area contributed by atoms with E-state index in [0.29, 0.717) is 0 Å². The number of amides is 3. The van der Waals surface area contributed by atoms with Crippen molar-refractivity contribution < 1.29 is 14.8 Å². The first-order valence-electron chi connectivity index (χ1n) is 3.56. The molecular weight excluding hydrogens is 174 g/mol. The third kappa shape index (κ3) is 1.07. The Balaban J connectivity index is 2.46. The van der Waals surface area contributed by atoms with Crippen molar-refractivity contribution in [1.82, 2.24) is 5.06 Å². The van der Waals surface area contributed by atoms with E-state index in [0.717, 1.165) is 0 Å². The number of aliphatic imine (C=N–C) groups is 2. The number of hydroxylamine groups is 2. The Morgan fingerprint density at radius 3 is 3.00 bits per heavy atom. The molecule has 0 aliphatic carbocycles. The zero-order valence-corrected chi connectivity index (χ0v) is 6.41. The molecule has 66 valence electrons. The quantitative estimate of drug-likeness (QED) is 0.531. The highest BCUT2D eigenvalue weighted by Gasteiger charge is 2.35. The summed E-state index contributed by atoms with van der Waals surface area (Å²) in [4.78, 5) is 29.2. The van der Waals surface area contributed by atoms with E-state index in [9.17, 15) is 9.59 Å². The molecule has 2 aliphatic rings. The van der Waals surface area contributed by atoms with E-state index in [1.165, 1.54) is 12.3 Å². The normalized spacial score (nSPS) is 26.1. The number of hydrogen-bond acceptors (Lipinski definition) is 4. The second kappa shape index (κ2) is 2.60. The van der Waals surface area contributed by atoms with Crippen molar-refractivity contribution >= 4 is 24.0 Å². The molecule has 0 saturated carbocycles. The molecule has 1 atom stereocenters. The summed E-state index contributed by atoms with van der Waals surface area (Å²) in [5.74, 6) is -1.32. The van der Waals surface area contributed by atoms with Crippen LogP contribution in [0.15, 0.2) is 22.1 Å². The van der Waals surface area contributed by atoms with E-state index in [2.05, 4.69) is 9.98 Å². The van der Waals surface area contributed by atoms with Crippen LogP contribution in [0.5, 0.6) is 0 Å². The average molecular weight is 179 g/mol. The largest absolute Gasteiger partial charge is 0.376 e. The van der Waals surface area contributed by atoms with Crippen LogP contribution < -0.4 is 0 Å². The lowest BCUT2D eigenvalue weighted by atomic mass is 10.0. The molecule has 2 rings (SSSR count). The number of amidine groups is 1. The maximum Gasteiger partial charge on any atom is 0.376 e. The molecule has 2 heterocycles. The Morgan fingerprint density at radius 1 is 1.46 bits per heavy atom. The number of urea groups is 1. The van der Waals surface area contributed by atoms with Crippen LogP contribution >= 0.6 is 0 Å². The number of carbonyl (C=O) groups excluding carboxylic acids is 2. The van der Waals surface area contributed by atoms with Gasteiger partial charge in [0.2, 0.25) is 0 Å². The molecule has 0 radical (unpaired) electrons. The molecule has 0 aromatic rings. The Labute approximate surface area is 72.8 Å². The van der Waals surface area contributed by atoms with Gasteiger partial charge >= 0.3 is 6.03 Å². The van der Waals surface area contributed by atoms with Gasteiger partial charge in [0, 0.05) is 6.21 Å². The van der Waals surface area contributed by atoms with Crippen molar-refractivity contribution in [1.29, 1.82) is 0 Å². The number of fused-ring (bicyclic) bond motifs is 1. The van der Waals surface area contributed by atoms with Crippen molar-refractivity contribution in [3.05, 3.63) is 12.2 Å². The molecular formula is C7H5N3O3. The van der Waals surface area contributed by atoms with Gasteiger partial charge in [-0.2, -0.15) is 4.99 Å². The van der Waals surface area contributed by atoms with Crippen LogP contribution in [-0.2, 0) is 4.79 Å². The van der Waals surface area contributed by atoms with Crippen LogP contribution in [0.4, 0.5) is 4.79 Å². The predicted molar refractivity (Wildman–Crippen MR) is 42.6 cm³/mol. The number of hydrogen-bond donors (Lipinski definition) is 1. The molecule has 1 N–H and O–H groups in total. The lowest BCUT2D eigenvalue weighted by Crippen LogP contribution is -2.44. The van der Waals surface area contributed by atoms with E-state index in [1.54, 1.807) is 6.08 Å². The molecule has 2 aliphatic heterocycles. The SMILES string of the molecule is O=C1N=C2N=CC=CC2C(=O)N1O. The smallest absolute Gasteiger partial charge is 0.277 e. The molecule has 0 spiro atoms. The molecule has 0 fully saturated rings. The molecule has 0 aromatic heterocycles. The summed E-state index contributed by atoms with van der Waals surface area (Å²) in [6.45, 7) is 0. The van der Waals surface area contributed by atoms with Crippen molar-refractivity contribution in [3.63, 3.8) is 0 Å². The summed E-state index contributed by atoms with van der Waals surface area (Å²) in [6, 6.07) is -0.997. The van der Waals surface area contributed by atoms with Crippen LogP contribution in [0.3, 0.4) is 0 Å². The Bertz CT molecular complexity index is 369. The molecule has 0 bridgehead atoms. The minimum Gasteiger partial charge on any atom is -0.277 e. The topological polar surface area (TPSA) is 82.3 Å². The van der Waals surface area contributed by atoms with E-state index in [1.807, 2.05) is 0 Å². The lowest BCUT2D eigenvalue weighted by Gasteiger charge is -2.22. The standard InChI is InChI=1S/C7H5N3O3/c11-6-4-2-1-3-8-5(4)9-7(12)10(6)13/h1-4,13H. The first kappa shape index (κ1) is 7.81. The van der Waals surface area contributed by atoms with Crippen LogP contribution in [0.25, 0.3) is 0 Å². The van der Waals surface area contributed by atoms with Crippen molar-refractivity contribution in [2.24, 2.45) is 15.9 Å². The number of imide groups is 1. The highest BCUT2D eigenvalue weighted by atomic mass is 16.5. The van der Waals surface area contributed by atoms with Crippen LogP contribution in [0.1, 0.15) is 0 Å². The molecule has 13 heavy (non-hydrogen) atoms. The molecule has 0 saturated heterocycles. The summed E-state index contributed by atoms with van der Waals surface area (Å²) in [6.07, 6.45) is 4.51. The highest BCUT2D eigenvalue weighted by molar-refractivity contribution is 6.19. The van der Waals surface area contributed by atoms with Gasteiger partial charge in [0.1, 0.15) is 5.92 Å². The van der Waals surface area contributed by atoms with Crippen molar-refractivity contribution in [2.75, 3.05) is 0 Å². The fourth-order valence-electron chi connectivity index (χ4n) is 1.11. The van der Waals surface area contributed by atoms with E-state index < -0.39 is 17.9 Å². The predicted octanol–water partition coefficient (Wildman–Crippen LogP) is -0.00690. The molecule has 0 aromatic carbocycles. The van der Waals surface area contributed by atoms with Gasteiger partial charge < -0.3 is 0 Å². The summed E-state index contributed by atoms with van der Waals surface area (Å²) in [5.41, 5.74) is 0. The second-order valence-corrected chi connectivity index (χ2v) is 2.54.